The number of allylic oxidation sites excluding steroid dienone is 2. The maximum absolute atomic E-state index is 12.5. The molecule has 0 bridgehead atoms. The molecule has 0 radical (unpaired) electrons. The molecule has 1 aliphatic rings. The predicted molar refractivity (Wildman–Crippen MR) is 78.8 cm³/mol. The zero-order valence-electron chi connectivity index (χ0n) is 12.8. The highest BCUT2D eigenvalue weighted by Gasteiger charge is 2.37. The van der Waals surface area contributed by atoms with E-state index in [1.165, 1.54) is 0 Å². The fourth-order valence-electron chi connectivity index (χ4n) is 2.67. The number of aromatic nitrogens is 2. The van der Waals surface area contributed by atoms with Crippen molar-refractivity contribution in [2.24, 2.45) is 18.9 Å². The number of carboxylic acid groups (broad SMARTS) is 1. The van der Waals surface area contributed by atoms with Crippen molar-refractivity contribution >= 4 is 17.6 Å². The number of rotatable bonds is 3. The molecule has 21 heavy (non-hydrogen) atoms. The van der Waals surface area contributed by atoms with Gasteiger partial charge in [-0.1, -0.05) is 11.1 Å². The Balaban J connectivity index is 2.20. The number of carbonyl (C=O) groups excluding carboxylic acids is 1. The van der Waals surface area contributed by atoms with Crippen molar-refractivity contribution < 1.29 is 14.7 Å². The number of carboxylic acids is 1. The van der Waals surface area contributed by atoms with Crippen molar-refractivity contribution in [1.29, 1.82) is 0 Å². The van der Waals surface area contributed by atoms with Crippen LogP contribution in [0.4, 0.5) is 5.69 Å². The molecule has 0 aromatic carbocycles. The fourth-order valence-corrected chi connectivity index (χ4v) is 2.67. The lowest BCUT2D eigenvalue weighted by Gasteiger charge is -2.29. The van der Waals surface area contributed by atoms with E-state index in [4.69, 9.17) is 0 Å². The second-order valence-corrected chi connectivity index (χ2v) is 5.78. The zero-order valence-corrected chi connectivity index (χ0v) is 12.8. The number of amides is 1. The van der Waals surface area contributed by atoms with Crippen molar-refractivity contribution in [3.8, 4) is 0 Å². The fraction of sp³-hybridized carbons (Fsp3) is 0.533. The van der Waals surface area contributed by atoms with Gasteiger partial charge in [-0.2, -0.15) is 5.10 Å². The molecule has 0 saturated heterocycles. The Morgan fingerprint density at radius 2 is 1.81 bits per heavy atom. The molecule has 1 heterocycles. The topological polar surface area (TPSA) is 84.2 Å². The second-order valence-electron chi connectivity index (χ2n) is 5.78. The van der Waals surface area contributed by atoms with Gasteiger partial charge in [-0.15, -0.1) is 0 Å². The van der Waals surface area contributed by atoms with E-state index in [-0.39, 0.29) is 5.91 Å². The van der Waals surface area contributed by atoms with Crippen LogP contribution in [-0.4, -0.2) is 26.8 Å². The number of nitrogens with zero attached hydrogens (tertiary/aromatic N) is 2. The minimum atomic E-state index is -0.912. The van der Waals surface area contributed by atoms with Crippen LogP contribution in [0.5, 0.6) is 0 Å². The Bertz CT molecular complexity index is 616. The number of hydrogen-bond acceptors (Lipinski definition) is 3. The van der Waals surface area contributed by atoms with Gasteiger partial charge in [0.25, 0.3) is 0 Å². The van der Waals surface area contributed by atoms with Crippen molar-refractivity contribution in [2.75, 3.05) is 5.32 Å². The quantitative estimate of drug-likeness (QED) is 0.835. The van der Waals surface area contributed by atoms with E-state index in [2.05, 4.69) is 10.4 Å². The maximum atomic E-state index is 12.5. The van der Waals surface area contributed by atoms with E-state index in [1.807, 2.05) is 20.8 Å². The summed E-state index contributed by atoms with van der Waals surface area (Å²) in [6.07, 6.45) is 2.51. The number of carbonyl (C=O) groups is 2. The SMILES string of the molecule is CC1=C(C)CC(C(=O)Nc2cnn(C)c2C)C(C(=O)O)C1. The molecule has 2 N–H and O–H groups in total. The monoisotopic (exact) mass is 291 g/mol. The molecule has 1 aromatic heterocycles. The third kappa shape index (κ3) is 2.99. The average molecular weight is 291 g/mol. The summed E-state index contributed by atoms with van der Waals surface area (Å²) in [7, 11) is 1.79. The van der Waals surface area contributed by atoms with Crippen LogP contribution in [0.1, 0.15) is 32.4 Å². The van der Waals surface area contributed by atoms with Gasteiger partial charge in [-0.25, -0.2) is 0 Å². The predicted octanol–water partition coefficient (Wildman–Crippen LogP) is 2.11. The highest BCUT2D eigenvalue weighted by molar-refractivity contribution is 5.95. The Hall–Kier alpha value is -2.11. The highest BCUT2D eigenvalue weighted by Crippen LogP contribution is 2.35. The summed E-state index contributed by atoms with van der Waals surface area (Å²) in [6.45, 7) is 5.75. The van der Waals surface area contributed by atoms with Crippen LogP contribution in [0.15, 0.2) is 17.3 Å². The van der Waals surface area contributed by atoms with Crippen LogP contribution >= 0.6 is 0 Å². The molecule has 6 nitrogen and oxygen atoms in total. The van der Waals surface area contributed by atoms with Crippen LogP contribution in [0, 0.1) is 18.8 Å². The van der Waals surface area contributed by atoms with Crippen LogP contribution in [0.2, 0.25) is 0 Å². The molecule has 0 saturated carbocycles. The molecular weight excluding hydrogens is 270 g/mol. The second kappa shape index (κ2) is 5.71. The zero-order chi connectivity index (χ0) is 15.7. The standard InChI is InChI=1S/C15H21N3O3/c1-8-5-11(12(15(20)21)6-9(8)2)14(19)17-13-7-16-18(4)10(13)3/h7,11-12H,5-6H2,1-4H3,(H,17,19)(H,20,21). The summed E-state index contributed by atoms with van der Waals surface area (Å²) < 4.78 is 1.67. The van der Waals surface area contributed by atoms with E-state index >= 15 is 0 Å². The number of hydrogen-bond donors (Lipinski definition) is 2. The van der Waals surface area contributed by atoms with Crippen LogP contribution in [0.3, 0.4) is 0 Å². The summed E-state index contributed by atoms with van der Waals surface area (Å²) in [5, 5.41) is 16.3. The van der Waals surface area contributed by atoms with Crippen molar-refractivity contribution in [2.45, 2.75) is 33.6 Å². The molecule has 114 valence electrons. The third-order valence-corrected chi connectivity index (χ3v) is 4.41. The molecule has 2 rings (SSSR count). The molecule has 0 spiro atoms. The number of aryl methyl sites for hydroxylation is 1. The first-order valence-corrected chi connectivity index (χ1v) is 6.98. The van der Waals surface area contributed by atoms with E-state index in [1.54, 1.807) is 17.9 Å². The average Bonchev–Trinajstić information content (AvgIpc) is 2.73. The molecule has 1 amide bonds. The van der Waals surface area contributed by atoms with Crippen molar-refractivity contribution in [3.05, 3.63) is 23.0 Å². The van der Waals surface area contributed by atoms with Gasteiger partial charge >= 0.3 is 5.97 Å². The van der Waals surface area contributed by atoms with Gasteiger partial charge < -0.3 is 10.4 Å². The summed E-state index contributed by atoms with van der Waals surface area (Å²) in [5.41, 5.74) is 3.66. The minimum Gasteiger partial charge on any atom is -0.481 e. The lowest BCUT2D eigenvalue weighted by molar-refractivity contribution is -0.146. The summed E-state index contributed by atoms with van der Waals surface area (Å²) >= 11 is 0. The Morgan fingerprint density at radius 1 is 1.24 bits per heavy atom. The van der Waals surface area contributed by atoms with E-state index < -0.39 is 17.8 Å². The first-order valence-electron chi connectivity index (χ1n) is 6.98. The summed E-state index contributed by atoms with van der Waals surface area (Å²) in [5.74, 6) is -2.35. The van der Waals surface area contributed by atoms with E-state index in [0.29, 0.717) is 18.5 Å². The number of anilines is 1. The van der Waals surface area contributed by atoms with Gasteiger partial charge in [0.05, 0.1) is 29.4 Å². The van der Waals surface area contributed by atoms with E-state index in [0.717, 1.165) is 16.8 Å². The molecule has 2 unspecified atom stereocenters. The Kier molecular flexibility index (Phi) is 4.16. The van der Waals surface area contributed by atoms with Crippen LogP contribution in [-0.2, 0) is 16.6 Å². The van der Waals surface area contributed by atoms with Gasteiger partial charge in [0.2, 0.25) is 5.91 Å². The smallest absolute Gasteiger partial charge is 0.307 e. The highest BCUT2D eigenvalue weighted by atomic mass is 16.4. The normalized spacial score (nSPS) is 22.3. The summed E-state index contributed by atoms with van der Waals surface area (Å²) in [6, 6.07) is 0. The Morgan fingerprint density at radius 3 is 2.29 bits per heavy atom. The minimum absolute atomic E-state index is 0.245. The van der Waals surface area contributed by atoms with Gasteiger partial charge in [0.1, 0.15) is 0 Å². The number of nitrogens with one attached hydrogen (secondary N) is 1. The molecule has 6 heteroatoms. The Labute approximate surface area is 123 Å². The third-order valence-electron chi connectivity index (χ3n) is 4.41. The molecule has 0 aliphatic heterocycles. The first kappa shape index (κ1) is 15.3. The van der Waals surface area contributed by atoms with Gasteiger partial charge in [0, 0.05) is 7.05 Å². The number of aliphatic carboxylic acids is 1. The summed E-state index contributed by atoms with van der Waals surface area (Å²) in [4.78, 5) is 23.9. The van der Waals surface area contributed by atoms with Crippen molar-refractivity contribution in [3.63, 3.8) is 0 Å². The van der Waals surface area contributed by atoms with E-state index in [9.17, 15) is 14.7 Å². The molecule has 2 atom stereocenters. The molecule has 1 aliphatic carbocycles. The van der Waals surface area contributed by atoms with Crippen molar-refractivity contribution in [1.82, 2.24) is 9.78 Å². The molecular formula is C15H21N3O3. The first-order chi connectivity index (χ1) is 9.81. The lowest BCUT2D eigenvalue weighted by atomic mass is 9.76. The lowest BCUT2D eigenvalue weighted by Crippen LogP contribution is -2.36. The molecule has 0 fully saturated rings. The van der Waals surface area contributed by atoms with Gasteiger partial charge in [-0.05, 0) is 33.6 Å². The molecule has 1 aromatic rings. The van der Waals surface area contributed by atoms with Crippen LogP contribution < -0.4 is 5.32 Å². The van der Waals surface area contributed by atoms with Gasteiger partial charge in [-0.3, -0.25) is 14.3 Å². The van der Waals surface area contributed by atoms with Crippen LogP contribution in [0.25, 0.3) is 0 Å². The largest absolute Gasteiger partial charge is 0.481 e. The van der Waals surface area contributed by atoms with Gasteiger partial charge in [0.15, 0.2) is 0 Å². The maximum Gasteiger partial charge on any atom is 0.307 e.